The molecule has 0 unspecified atom stereocenters. The smallest absolute Gasteiger partial charge is 0.371 e. The van der Waals surface area contributed by atoms with Crippen LogP contribution >= 0.6 is 24.4 Å². The number of thioether (sulfide) groups is 1. The largest absolute Gasteiger partial charge is 0.461 e. The number of hydrogen-bond acceptors (Lipinski definition) is 9. The standard InChI is InChI=1S/C17H27NO7S2/c1-11(19)23-10-24-16(22)27-17(2,3)15(21)18-13(9-26)14(20)25-12-7-5-4-6-8-12/h12-13,26H,4-10H2,1-3H3,(H,18,21)/t13-/m0/s1. The molecule has 1 rings (SSSR count). The van der Waals surface area contributed by atoms with Crippen molar-refractivity contribution in [2.45, 2.75) is 69.8 Å². The van der Waals surface area contributed by atoms with E-state index in [1.807, 2.05) is 0 Å². The number of thiol groups is 1. The van der Waals surface area contributed by atoms with Crippen LogP contribution in [0.3, 0.4) is 0 Å². The minimum atomic E-state index is -1.21. The number of esters is 2. The van der Waals surface area contributed by atoms with E-state index in [2.05, 4.69) is 22.7 Å². The molecule has 1 aliphatic carbocycles. The molecule has 1 N–H and O–H groups in total. The van der Waals surface area contributed by atoms with Crippen LogP contribution in [0, 0.1) is 0 Å². The lowest BCUT2D eigenvalue weighted by atomic mass is 9.98. The first-order chi connectivity index (χ1) is 12.7. The summed E-state index contributed by atoms with van der Waals surface area (Å²) in [6.07, 6.45) is 4.72. The van der Waals surface area contributed by atoms with Gasteiger partial charge < -0.3 is 19.5 Å². The Labute approximate surface area is 168 Å². The van der Waals surface area contributed by atoms with Gasteiger partial charge in [0.05, 0.1) is 4.75 Å². The van der Waals surface area contributed by atoms with Crippen molar-refractivity contribution >= 4 is 47.5 Å². The number of rotatable bonds is 8. The molecule has 154 valence electrons. The van der Waals surface area contributed by atoms with Crippen molar-refractivity contribution in [3.05, 3.63) is 0 Å². The van der Waals surface area contributed by atoms with E-state index < -0.39 is 40.7 Å². The summed E-state index contributed by atoms with van der Waals surface area (Å²) in [5.74, 6) is -1.56. The third-order valence-electron chi connectivity index (χ3n) is 3.93. The quantitative estimate of drug-likeness (QED) is 0.350. The zero-order valence-corrected chi connectivity index (χ0v) is 17.5. The lowest BCUT2D eigenvalue weighted by molar-refractivity contribution is -0.153. The SMILES string of the molecule is CC(=O)OCOC(=O)SC(C)(C)C(=O)N[C@@H](CS)C(=O)OC1CCCCC1. The number of carbonyl (C=O) groups is 4. The fraction of sp³-hybridized carbons (Fsp3) is 0.765. The van der Waals surface area contributed by atoms with Crippen molar-refractivity contribution < 1.29 is 33.4 Å². The van der Waals surface area contributed by atoms with Gasteiger partial charge in [-0.05, 0) is 51.3 Å². The Kier molecular flexibility index (Phi) is 10.00. The van der Waals surface area contributed by atoms with E-state index >= 15 is 0 Å². The molecule has 0 aliphatic heterocycles. The van der Waals surface area contributed by atoms with Crippen LogP contribution in [0.4, 0.5) is 4.79 Å². The molecule has 0 aromatic heterocycles. The maximum absolute atomic E-state index is 12.5. The first kappa shape index (κ1) is 23.6. The third kappa shape index (κ3) is 8.87. The minimum absolute atomic E-state index is 0.0783. The number of carbonyl (C=O) groups excluding carboxylic acids is 4. The van der Waals surface area contributed by atoms with Crippen LogP contribution in [0.1, 0.15) is 52.9 Å². The highest BCUT2D eigenvalue weighted by atomic mass is 32.2. The van der Waals surface area contributed by atoms with E-state index in [9.17, 15) is 19.2 Å². The molecule has 0 radical (unpaired) electrons. The second-order valence-corrected chi connectivity index (χ2v) is 8.59. The Bertz CT molecular complexity index is 547. The molecule has 0 heterocycles. The molecule has 1 fully saturated rings. The zero-order chi connectivity index (χ0) is 20.4. The first-order valence-electron chi connectivity index (χ1n) is 8.77. The van der Waals surface area contributed by atoms with Crippen LogP contribution in [-0.4, -0.2) is 52.6 Å². The highest BCUT2D eigenvalue weighted by Crippen LogP contribution is 2.27. The summed E-state index contributed by atoms with van der Waals surface area (Å²) in [5, 5.41) is 1.80. The van der Waals surface area contributed by atoms with E-state index in [4.69, 9.17) is 9.47 Å². The number of amides is 1. The summed E-state index contributed by atoms with van der Waals surface area (Å²) < 4.78 is 13.5. The van der Waals surface area contributed by atoms with Crippen LogP contribution in [0.25, 0.3) is 0 Å². The van der Waals surface area contributed by atoms with Crippen molar-refractivity contribution in [1.82, 2.24) is 5.32 Å². The molecule has 0 bridgehead atoms. The van der Waals surface area contributed by atoms with E-state index in [-0.39, 0.29) is 11.9 Å². The minimum Gasteiger partial charge on any atom is -0.461 e. The molecule has 1 atom stereocenters. The van der Waals surface area contributed by atoms with E-state index in [1.165, 1.54) is 20.8 Å². The van der Waals surface area contributed by atoms with Gasteiger partial charge in [-0.3, -0.25) is 9.59 Å². The third-order valence-corrected chi connectivity index (χ3v) is 5.28. The molecule has 0 aromatic carbocycles. The summed E-state index contributed by atoms with van der Waals surface area (Å²) >= 11 is 4.74. The topological polar surface area (TPSA) is 108 Å². The second-order valence-electron chi connectivity index (χ2n) is 6.67. The molecular weight excluding hydrogens is 394 g/mol. The van der Waals surface area contributed by atoms with Crippen molar-refractivity contribution in [3.63, 3.8) is 0 Å². The summed E-state index contributed by atoms with van der Waals surface area (Å²) in [4.78, 5) is 47.2. The van der Waals surface area contributed by atoms with Gasteiger partial charge in [-0.15, -0.1) is 0 Å². The maximum atomic E-state index is 12.5. The lowest BCUT2D eigenvalue weighted by Gasteiger charge is -2.27. The summed E-state index contributed by atoms with van der Waals surface area (Å²) in [7, 11) is 0. The van der Waals surface area contributed by atoms with Gasteiger partial charge in [0.15, 0.2) is 0 Å². The van der Waals surface area contributed by atoms with Crippen molar-refractivity contribution in [2.75, 3.05) is 12.5 Å². The Balaban J connectivity index is 2.52. The zero-order valence-electron chi connectivity index (χ0n) is 15.8. The monoisotopic (exact) mass is 421 g/mol. The average molecular weight is 422 g/mol. The molecule has 8 nitrogen and oxygen atoms in total. The molecule has 0 saturated heterocycles. The highest BCUT2D eigenvalue weighted by molar-refractivity contribution is 8.15. The summed E-state index contributed by atoms with van der Waals surface area (Å²) in [5.41, 5.74) is 0. The van der Waals surface area contributed by atoms with Gasteiger partial charge in [-0.1, -0.05) is 6.42 Å². The number of nitrogens with one attached hydrogen (secondary N) is 1. The summed E-state index contributed by atoms with van der Waals surface area (Å²) in [6.45, 7) is 3.69. The molecule has 27 heavy (non-hydrogen) atoms. The summed E-state index contributed by atoms with van der Waals surface area (Å²) in [6, 6.07) is -0.903. The van der Waals surface area contributed by atoms with Gasteiger partial charge in [0, 0.05) is 12.7 Å². The van der Waals surface area contributed by atoms with Gasteiger partial charge in [-0.25, -0.2) is 9.59 Å². The van der Waals surface area contributed by atoms with E-state index in [1.54, 1.807) is 0 Å². The molecule has 10 heteroatoms. The predicted octanol–water partition coefficient (Wildman–Crippen LogP) is 2.45. The Hall–Kier alpha value is -1.42. The normalized spacial score (nSPS) is 16.1. The fourth-order valence-electron chi connectivity index (χ4n) is 2.39. The predicted molar refractivity (Wildman–Crippen MR) is 104 cm³/mol. The Morgan fingerprint density at radius 1 is 1.15 bits per heavy atom. The Morgan fingerprint density at radius 3 is 2.33 bits per heavy atom. The average Bonchev–Trinajstić information content (AvgIpc) is 2.59. The highest BCUT2D eigenvalue weighted by Gasteiger charge is 2.35. The second kappa shape index (κ2) is 11.4. The van der Waals surface area contributed by atoms with Crippen LogP contribution < -0.4 is 5.32 Å². The maximum Gasteiger partial charge on any atom is 0.371 e. The lowest BCUT2D eigenvalue weighted by Crippen LogP contribution is -2.50. The van der Waals surface area contributed by atoms with Gasteiger partial charge in [-0.2, -0.15) is 12.6 Å². The molecule has 1 amide bonds. The van der Waals surface area contributed by atoms with Crippen molar-refractivity contribution in [1.29, 1.82) is 0 Å². The van der Waals surface area contributed by atoms with E-state index in [0.29, 0.717) is 11.8 Å². The molecular formula is C17H27NO7S2. The number of hydrogen-bond donors (Lipinski definition) is 2. The van der Waals surface area contributed by atoms with E-state index in [0.717, 1.165) is 32.1 Å². The Morgan fingerprint density at radius 2 is 1.78 bits per heavy atom. The van der Waals surface area contributed by atoms with Gasteiger partial charge in [0.25, 0.3) is 0 Å². The molecule has 0 spiro atoms. The van der Waals surface area contributed by atoms with Gasteiger partial charge in [0.2, 0.25) is 12.7 Å². The van der Waals surface area contributed by atoms with Crippen LogP contribution in [0.5, 0.6) is 0 Å². The van der Waals surface area contributed by atoms with Crippen LogP contribution in [0.15, 0.2) is 0 Å². The number of ether oxygens (including phenoxy) is 3. The van der Waals surface area contributed by atoms with Gasteiger partial charge in [0.1, 0.15) is 12.1 Å². The van der Waals surface area contributed by atoms with Crippen LogP contribution in [-0.2, 0) is 28.6 Å². The first-order valence-corrected chi connectivity index (χ1v) is 10.2. The molecule has 1 aliphatic rings. The molecule has 0 aromatic rings. The van der Waals surface area contributed by atoms with Crippen molar-refractivity contribution in [3.8, 4) is 0 Å². The van der Waals surface area contributed by atoms with Gasteiger partial charge >= 0.3 is 17.2 Å². The fourth-order valence-corrected chi connectivity index (χ4v) is 3.30. The van der Waals surface area contributed by atoms with Crippen LogP contribution in [0.2, 0.25) is 0 Å². The molecule has 1 saturated carbocycles. The van der Waals surface area contributed by atoms with Crippen molar-refractivity contribution in [2.24, 2.45) is 0 Å².